The smallest absolute Gasteiger partial charge is 0.320 e. The van der Waals surface area contributed by atoms with E-state index in [2.05, 4.69) is 0 Å². The number of fused-ring (bicyclic) bond motifs is 10. The van der Waals surface area contributed by atoms with Crippen LogP contribution in [0.2, 0.25) is 0 Å². The van der Waals surface area contributed by atoms with Gasteiger partial charge >= 0.3 is 11.9 Å². The lowest BCUT2D eigenvalue weighted by atomic mass is 9.76. The third-order valence-corrected chi connectivity index (χ3v) is 4.67. The molecule has 0 spiro atoms. The van der Waals surface area contributed by atoms with Crippen molar-refractivity contribution in [1.82, 2.24) is 0 Å². The standard InChI is InChI=1S/C16H10O4/c17-15-11-12(16(18)20-15)14-10-8-4-2-1-3-7(8)5-6-9(10)13(11)19-14/h1-6,11-14H/t11-,12+,13-,14+/m1/s1. The second kappa shape index (κ2) is 3.27. The highest BCUT2D eigenvalue weighted by Gasteiger charge is 2.63. The molecule has 0 radical (unpaired) electrons. The van der Waals surface area contributed by atoms with Gasteiger partial charge in [-0.3, -0.25) is 9.59 Å². The van der Waals surface area contributed by atoms with Crippen molar-refractivity contribution in [3.05, 3.63) is 47.5 Å². The molecular formula is C16H10O4. The van der Waals surface area contributed by atoms with E-state index >= 15 is 0 Å². The number of cyclic esters (lactones) is 2. The number of carbonyl (C=O) groups excluding carboxylic acids is 2. The molecule has 4 atom stereocenters. The maximum Gasteiger partial charge on any atom is 0.320 e. The Hall–Kier alpha value is -2.20. The van der Waals surface area contributed by atoms with Crippen molar-refractivity contribution in [1.29, 1.82) is 0 Å². The molecule has 3 aliphatic heterocycles. The first-order valence-electron chi connectivity index (χ1n) is 6.68. The second-order valence-corrected chi connectivity index (χ2v) is 5.56. The minimum atomic E-state index is -0.467. The van der Waals surface area contributed by atoms with Gasteiger partial charge in [-0.2, -0.15) is 0 Å². The van der Waals surface area contributed by atoms with Crippen LogP contribution in [0.3, 0.4) is 0 Å². The number of rotatable bonds is 0. The molecule has 5 rings (SSSR count). The molecule has 2 fully saturated rings. The zero-order valence-electron chi connectivity index (χ0n) is 10.4. The van der Waals surface area contributed by atoms with Crippen molar-refractivity contribution in [3.63, 3.8) is 0 Å². The fourth-order valence-electron chi connectivity index (χ4n) is 3.87. The largest absolute Gasteiger partial charge is 0.393 e. The lowest BCUT2D eigenvalue weighted by Gasteiger charge is -2.20. The first-order valence-corrected chi connectivity index (χ1v) is 6.68. The highest BCUT2D eigenvalue weighted by atomic mass is 16.6. The molecular weight excluding hydrogens is 256 g/mol. The molecule has 2 bridgehead atoms. The van der Waals surface area contributed by atoms with Gasteiger partial charge in [-0.15, -0.1) is 0 Å². The van der Waals surface area contributed by atoms with E-state index in [1.54, 1.807) is 0 Å². The average Bonchev–Trinajstić information content (AvgIpc) is 3.10. The molecule has 3 aliphatic rings. The first-order chi connectivity index (χ1) is 9.75. The molecule has 4 heteroatoms. The molecule has 0 aliphatic carbocycles. The summed E-state index contributed by atoms with van der Waals surface area (Å²) in [5, 5.41) is 2.22. The molecule has 2 aromatic carbocycles. The Morgan fingerprint density at radius 3 is 2.45 bits per heavy atom. The molecule has 0 aromatic heterocycles. The van der Waals surface area contributed by atoms with Crippen LogP contribution in [0.15, 0.2) is 36.4 Å². The van der Waals surface area contributed by atoms with Crippen LogP contribution in [0, 0.1) is 11.8 Å². The summed E-state index contributed by atoms with van der Waals surface area (Å²) in [6, 6.07) is 12.1. The fourth-order valence-corrected chi connectivity index (χ4v) is 3.87. The molecule has 98 valence electrons. The second-order valence-electron chi connectivity index (χ2n) is 5.56. The maximum absolute atomic E-state index is 11.9. The molecule has 4 nitrogen and oxygen atoms in total. The summed E-state index contributed by atoms with van der Waals surface area (Å²) in [4.78, 5) is 23.7. The van der Waals surface area contributed by atoms with Crippen LogP contribution in [0.4, 0.5) is 0 Å². The van der Waals surface area contributed by atoms with Crippen molar-refractivity contribution < 1.29 is 19.1 Å². The van der Waals surface area contributed by atoms with E-state index < -0.39 is 23.8 Å². The van der Waals surface area contributed by atoms with Crippen molar-refractivity contribution in [2.24, 2.45) is 11.8 Å². The minimum absolute atomic E-state index is 0.330. The summed E-state index contributed by atoms with van der Waals surface area (Å²) < 4.78 is 10.7. The van der Waals surface area contributed by atoms with Gasteiger partial charge in [-0.1, -0.05) is 36.4 Å². The fraction of sp³-hybridized carbons (Fsp3) is 0.250. The van der Waals surface area contributed by atoms with E-state index in [1.165, 1.54) is 0 Å². The molecule has 20 heavy (non-hydrogen) atoms. The highest BCUT2D eigenvalue weighted by Crippen LogP contribution is 2.61. The Bertz CT molecular complexity index is 794. The Labute approximate surface area is 114 Å². The number of benzene rings is 2. The van der Waals surface area contributed by atoms with Gasteiger partial charge in [0.2, 0.25) is 0 Å². The zero-order chi connectivity index (χ0) is 13.4. The summed E-state index contributed by atoms with van der Waals surface area (Å²) in [7, 11) is 0. The van der Waals surface area contributed by atoms with Crippen LogP contribution >= 0.6 is 0 Å². The Balaban J connectivity index is 1.81. The molecule has 3 heterocycles. The number of hydrogen-bond acceptors (Lipinski definition) is 4. The molecule has 2 aromatic rings. The third kappa shape index (κ3) is 1.04. The van der Waals surface area contributed by atoms with Gasteiger partial charge in [0.1, 0.15) is 11.8 Å². The van der Waals surface area contributed by atoms with E-state index in [0.717, 1.165) is 21.9 Å². The molecule has 0 amide bonds. The van der Waals surface area contributed by atoms with E-state index in [4.69, 9.17) is 9.47 Å². The van der Waals surface area contributed by atoms with Crippen molar-refractivity contribution in [2.45, 2.75) is 12.2 Å². The number of ether oxygens (including phenoxy) is 2. The van der Waals surface area contributed by atoms with Crippen LogP contribution < -0.4 is 0 Å². The topological polar surface area (TPSA) is 52.6 Å². The summed E-state index contributed by atoms with van der Waals surface area (Å²) in [6.07, 6.45) is -0.673. The lowest BCUT2D eigenvalue weighted by molar-refractivity contribution is -0.157. The predicted molar refractivity (Wildman–Crippen MR) is 68.6 cm³/mol. The summed E-state index contributed by atoms with van der Waals surface area (Å²) in [5.41, 5.74) is 2.09. The van der Waals surface area contributed by atoms with Crippen molar-refractivity contribution in [3.8, 4) is 0 Å². The Morgan fingerprint density at radius 2 is 1.60 bits per heavy atom. The predicted octanol–water partition coefficient (Wildman–Crippen LogP) is 2.28. The molecule has 2 saturated heterocycles. The lowest BCUT2D eigenvalue weighted by Crippen LogP contribution is -2.24. The third-order valence-electron chi connectivity index (χ3n) is 4.67. The molecule has 0 N–H and O–H groups in total. The zero-order valence-corrected chi connectivity index (χ0v) is 10.4. The van der Waals surface area contributed by atoms with Gasteiger partial charge in [-0.05, 0) is 21.9 Å². The maximum atomic E-state index is 11.9. The van der Waals surface area contributed by atoms with Crippen LogP contribution in [-0.4, -0.2) is 11.9 Å². The Kier molecular flexibility index (Phi) is 1.73. The summed E-state index contributed by atoms with van der Waals surface area (Å²) in [6.45, 7) is 0. The van der Waals surface area contributed by atoms with E-state index in [-0.39, 0.29) is 12.2 Å². The monoisotopic (exact) mass is 266 g/mol. The minimum Gasteiger partial charge on any atom is -0.393 e. The van der Waals surface area contributed by atoms with Gasteiger partial charge in [-0.25, -0.2) is 0 Å². The summed E-state index contributed by atoms with van der Waals surface area (Å²) in [5.74, 6) is -1.80. The van der Waals surface area contributed by atoms with Gasteiger partial charge in [0.25, 0.3) is 0 Å². The van der Waals surface area contributed by atoms with E-state index in [0.29, 0.717) is 0 Å². The summed E-state index contributed by atoms with van der Waals surface area (Å²) >= 11 is 0. The number of hydrogen-bond donors (Lipinski definition) is 0. The van der Waals surface area contributed by atoms with E-state index in [9.17, 15) is 9.59 Å². The number of carbonyl (C=O) groups is 2. The Morgan fingerprint density at radius 1 is 0.850 bits per heavy atom. The molecule has 0 saturated carbocycles. The van der Waals surface area contributed by atoms with Crippen molar-refractivity contribution >= 4 is 22.7 Å². The molecule has 0 unspecified atom stereocenters. The van der Waals surface area contributed by atoms with Crippen molar-refractivity contribution in [2.75, 3.05) is 0 Å². The quantitative estimate of drug-likeness (QED) is 0.542. The van der Waals surface area contributed by atoms with Crippen LogP contribution in [0.5, 0.6) is 0 Å². The van der Waals surface area contributed by atoms with Crippen LogP contribution in [0.1, 0.15) is 23.3 Å². The highest BCUT2D eigenvalue weighted by molar-refractivity contribution is 6.00. The average molecular weight is 266 g/mol. The number of esters is 2. The van der Waals surface area contributed by atoms with Crippen LogP contribution in [-0.2, 0) is 19.1 Å². The van der Waals surface area contributed by atoms with E-state index in [1.807, 2.05) is 36.4 Å². The normalized spacial score (nSPS) is 33.4. The van der Waals surface area contributed by atoms with Gasteiger partial charge in [0.15, 0.2) is 0 Å². The SMILES string of the molecule is O=C1OC(=O)[C@H]2[C@@H]1[C@@H]1O[C@H]2c2c1ccc1ccccc21. The first kappa shape index (κ1) is 10.6. The van der Waals surface area contributed by atoms with Crippen LogP contribution in [0.25, 0.3) is 10.8 Å². The van der Waals surface area contributed by atoms with Gasteiger partial charge in [0.05, 0.1) is 12.2 Å². The van der Waals surface area contributed by atoms with Gasteiger partial charge < -0.3 is 9.47 Å². The van der Waals surface area contributed by atoms with Gasteiger partial charge in [0, 0.05) is 0 Å².